The van der Waals surface area contributed by atoms with Crippen LogP contribution in [0, 0.1) is 6.20 Å². The van der Waals surface area contributed by atoms with Crippen LogP contribution in [0.4, 0.5) is 0 Å². The molecule has 0 N–H and O–H groups in total. The summed E-state index contributed by atoms with van der Waals surface area (Å²) in [6.07, 6.45) is 7.71. The smallest absolute Gasteiger partial charge is 0.128 e. The van der Waals surface area contributed by atoms with Gasteiger partial charge in [-0.3, -0.25) is 4.68 Å². The Morgan fingerprint density at radius 3 is 2.77 bits per heavy atom. The third kappa shape index (κ3) is 2.83. The second kappa shape index (κ2) is 5.43. The fourth-order valence-corrected chi connectivity index (χ4v) is 1.94. The predicted molar refractivity (Wildman–Crippen MR) is 57.7 cm³/mol. The first-order chi connectivity index (χ1) is 6.29. The van der Waals surface area contributed by atoms with Gasteiger partial charge in [-0.1, -0.05) is 26.7 Å². The molecule has 3 heteroatoms. The third-order valence-electron chi connectivity index (χ3n) is 2.14. The van der Waals surface area contributed by atoms with Gasteiger partial charge < -0.3 is 0 Å². The highest BCUT2D eigenvalue weighted by Gasteiger charge is 2.05. The van der Waals surface area contributed by atoms with E-state index in [4.69, 9.17) is 0 Å². The van der Waals surface area contributed by atoms with E-state index < -0.39 is 0 Å². The molecule has 0 aliphatic rings. The Balaban J connectivity index is 2.55. The maximum absolute atomic E-state index is 4.20. The lowest BCUT2D eigenvalue weighted by Gasteiger charge is -2.04. The Morgan fingerprint density at radius 2 is 2.15 bits per heavy atom. The molecule has 0 bridgehead atoms. The molecule has 1 aromatic heterocycles. The number of halogens is 1. The van der Waals surface area contributed by atoms with E-state index in [1.54, 1.807) is 0 Å². The zero-order valence-electron chi connectivity index (χ0n) is 8.31. The molecule has 73 valence electrons. The normalized spacial score (nSPS) is 10.7. The third-order valence-corrected chi connectivity index (χ3v) is 2.78. The average Bonchev–Trinajstić information content (AvgIpc) is 2.47. The van der Waals surface area contributed by atoms with Crippen molar-refractivity contribution >= 4 is 15.9 Å². The van der Waals surface area contributed by atoms with E-state index in [2.05, 4.69) is 45.8 Å². The first-order valence-electron chi connectivity index (χ1n) is 4.92. The van der Waals surface area contributed by atoms with Gasteiger partial charge in [-0.25, -0.2) is 0 Å². The quantitative estimate of drug-likeness (QED) is 0.727. The van der Waals surface area contributed by atoms with E-state index in [0.717, 1.165) is 17.4 Å². The molecule has 0 amide bonds. The molecular formula is C10H16BrN2. The Morgan fingerprint density at radius 1 is 1.38 bits per heavy atom. The van der Waals surface area contributed by atoms with Gasteiger partial charge >= 0.3 is 0 Å². The molecule has 1 aromatic rings. The van der Waals surface area contributed by atoms with Crippen molar-refractivity contribution in [2.24, 2.45) is 0 Å². The van der Waals surface area contributed by atoms with Gasteiger partial charge in [-0.15, -0.1) is 0 Å². The number of hydrogen-bond donors (Lipinski definition) is 0. The minimum absolute atomic E-state index is 1.02. The summed E-state index contributed by atoms with van der Waals surface area (Å²) in [5.74, 6) is 0. The van der Waals surface area contributed by atoms with Gasteiger partial charge in [0.15, 0.2) is 0 Å². The standard InChI is InChI=1S/C10H16BrN2/c1-3-5-6-7-13-10(4-2)9(11)8-12-13/h3-7H2,1-2H3. The van der Waals surface area contributed by atoms with Crippen molar-refractivity contribution < 1.29 is 0 Å². The van der Waals surface area contributed by atoms with Gasteiger partial charge in [0.2, 0.25) is 0 Å². The number of nitrogens with zero attached hydrogens (tertiary/aromatic N) is 2. The van der Waals surface area contributed by atoms with Crippen LogP contribution in [0.5, 0.6) is 0 Å². The van der Waals surface area contributed by atoms with Crippen molar-refractivity contribution in [1.29, 1.82) is 0 Å². The van der Waals surface area contributed by atoms with E-state index in [0.29, 0.717) is 0 Å². The van der Waals surface area contributed by atoms with Crippen LogP contribution in [-0.4, -0.2) is 9.78 Å². The zero-order chi connectivity index (χ0) is 9.68. The number of aromatic nitrogens is 2. The Kier molecular flexibility index (Phi) is 4.50. The molecule has 0 aliphatic heterocycles. The molecule has 1 rings (SSSR count). The second-order valence-electron chi connectivity index (χ2n) is 3.16. The molecule has 0 saturated carbocycles. The number of rotatable bonds is 5. The van der Waals surface area contributed by atoms with E-state index in [9.17, 15) is 0 Å². The van der Waals surface area contributed by atoms with Crippen LogP contribution < -0.4 is 0 Å². The first kappa shape index (κ1) is 10.8. The van der Waals surface area contributed by atoms with Crippen molar-refractivity contribution in [2.45, 2.75) is 46.1 Å². The lowest BCUT2D eigenvalue weighted by Crippen LogP contribution is -2.04. The number of aryl methyl sites for hydroxylation is 1. The van der Waals surface area contributed by atoms with E-state index >= 15 is 0 Å². The van der Waals surface area contributed by atoms with Gasteiger partial charge in [-0.2, -0.15) is 5.10 Å². The van der Waals surface area contributed by atoms with Crippen molar-refractivity contribution in [3.05, 3.63) is 16.4 Å². The molecule has 2 nitrogen and oxygen atoms in total. The molecule has 0 aromatic carbocycles. The SMILES string of the molecule is CCCCCn1n[c]c(Br)c1CC. The maximum atomic E-state index is 4.20. The van der Waals surface area contributed by atoms with Crippen LogP contribution in [0.3, 0.4) is 0 Å². The molecule has 0 aliphatic carbocycles. The molecule has 1 radical (unpaired) electrons. The summed E-state index contributed by atoms with van der Waals surface area (Å²) < 4.78 is 3.08. The lowest BCUT2D eigenvalue weighted by atomic mass is 10.2. The molecule has 0 atom stereocenters. The van der Waals surface area contributed by atoms with E-state index in [1.165, 1.54) is 25.0 Å². The maximum Gasteiger partial charge on any atom is 0.128 e. The van der Waals surface area contributed by atoms with Crippen molar-refractivity contribution in [1.82, 2.24) is 9.78 Å². The van der Waals surface area contributed by atoms with Gasteiger partial charge in [0.1, 0.15) is 6.20 Å². The molecule has 0 spiro atoms. The Bertz CT molecular complexity index is 255. The van der Waals surface area contributed by atoms with Crippen LogP contribution in [-0.2, 0) is 13.0 Å². The van der Waals surface area contributed by atoms with Gasteiger partial charge in [-0.05, 0) is 28.8 Å². The first-order valence-corrected chi connectivity index (χ1v) is 5.71. The highest BCUT2D eigenvalue weighted by molar-refractivity contribution is 9.10. The van der Waals surface area contributed by atoms with E-state index in [1.807, 2.05) is 0 Å². The van der Waals surface area contributed by atoms with Crippen LogP contribution in [0.15, 0.2) is 4.47 Å². The van der Waals surface area contributed by atoms with Gasteiger partial charge in [0.25, 0.3) is 0 Å². The Hall–Kier alpha value is -0.310. The van der Waals surface area contributed by atoms with Crippen LogP contribution in [0.25, 0.3) is 0 Å². The van der Waals surface area contributed by atoms with Crippen LogP contribution in [0.1, 0.15) is 38.8 Å². The lowest BCUT2D eigenvalue weighted by molar-refractivity contribution is 0.534. The Labute approximate surface area is 88.5 Å². The summed E-state index contributed by atoms with van der Waals surface area (Å²) in [7, 11) is 0. The summed E-state index contributed by atoms with van der Waals surface area (Å²) in [6, 6.07) is 0. The minimum Gasteiger partial charge on any atom is -0.268 e. The van der Waals surface area contributed by atoms with Crippen molar-refractivity contribution in [2.75, 3.05) is 0 Å². The molecule has 0 saturated heterocycles. The summed E-state index contributed by atoms with van der Waals surface area (Å²) in [6.45, 7) is 5.39. The van der Waals surface area contributed by atoms with Crippen LogP contribution >= 0.6 is 15.9 Å². The fraction of sp³-hybridized carbons (Fsp3) is 0.700. The van der Waals surface area contributed by atoms with Gasteiger partial charge in [0, 0.05) is 6.54 Å². The highest BCUT2D eigenvalue weighted by Crippen LogP contribution is 2.16. The monoisotopic (exact) mass is 243 g/mol. The average molecular weight is 244 g/mol. The highest BCUT2D eigenvalue weighted by atomic mass is 79.9. The van der Waals surface area contributed by atoms with Crippen molar-refractivity contribution in [3.8, 4) is 0 Å². The summed E-state index contributed by atoms with van der Waals surface area (Å²) in [4.78, 5) is 0. The van der Waals surface area contributed by atoms with Crippen LogP contribution in [0.2, 0.25) is 0 Å². The van der Waals surface area contributed by atoms with Crippen molar-refractivity contribution in [3.63, 3.8) is 0 Å². The van der Waals surface area contributed by atoms with E-state index in [-0.39, 0.29) is 0 Å². The largest absolute Gasteiger partial charge is 0.268 e. The number of hydrogen-bond acceptors (Lipinski definition) is 1. The molecule has 1 heterocycles. The zero-order valence-corrected chi connectivity index (χ0v) is 9.89. The minimum atomic E-state index is 1.02. The summed E-state index contributed by atoms with van der Waals surface area (Å²) >= 11 is 3.45. The fourth-order valence-electron chi connectivity index (χ4n) is 1.38. The summed E-state index contributed by atoms with van der Waals surface area (Å²) in [5.41, 5.74) is 1.26. The molecule has 0 fully saturated rings. The molecular weight excluding hydrogens is 228 g/mol. The molecule has 0 unspecified atom stereocenters. The number of unbranched alkanes of at least 4 members (excludes halogenated alkanes) is 2. The molecule has 13 heavy (non-hydrogen) atoms. The second-order valence-corrected chi connectivity index (χ2v) is 3.95. The summed E-state index contributed by atoms with van der Waals surface area (Å²) in [5, 5.41) is 4.20. The predicted octanol–water partition coefficient (Wildman–Crippen LogP) is 3.20. The van der Waals surface area contributed by atoms with Gasteiger partial charge in [0.05, 0.1) is 10.2 Å². The topological polar surface area (TPSA) is 17.8 Å².